The summed E-state index contributed by atoms with van der Waals surface area (Å²) in [4.78, 5) is 2.64. The number of benzene rings is 2. The second-order valence-electron chi connectivity index (χ2n) is 8.74. The Kier molecular flexibility index (Phi) is 4.16. The number of nitrogens with zero attached hydrogens (tertiary/aromatic N) is 1. The number of likely N-dealkylation sites (tertiary alicyclic amines) is 1. The predicted octanol–water partition coefficient (Wildman–Crippen LogP) is 5.13. The van der Waals surface area contributed by atoms with E-state index >= 15 is 0 Å². The largest absolute Gasteiger partial charge is 0.497 e. The maximum Gasteiger partial charge on any atom is 0.119 e. The van der Waals surface area contributed by atoms with Gasteiger partial charge in [-0.05, 0) is 92.7 Å². The monoisotopic (exact) mass is 362 g/mol. The Hall–Kier alpha value is -2.00. The van der Waals surface area contributed by atoms with E-state index < -0.39 is 0 Å². The first-order chi connectivity index (χ1) is 13.2. The number of piperidine rings is 1. The molecule has 0 aromatic heterocycles. The van der Waals surface area contributed by atoms with Crippen LogP contribution in [0.25, 0.3) is 0 Å². The van der Waals surface area contributed by atoms with Crippen LogP contribution in [-0.4, -0.2) is 31.6 Å². The summed E-state index contributed by atoms with van der Waals surface area (Å²) in [5.41, 5.74) is 5.99. The van der Waals surface area contributed by atoms with Gasteiger partial charge in [-0.1, -0.05) is 18.9 Å². The van der Waals surface area contributed by atoms with Crippen LogP contribution in [0.4, 0.5) is 11.4 Å². The van der Waals surface area contributed by atoms with E-state index in [4.69, 9.17) is 4.74 Å². The van der Waals surface area contributed by atoms with Crippen molar-refractivity contribution >= 4 is 11.4 Å². The fourth-order valence-electron chi connectivity index (χ4n) is 6.12. The first kappa shape index (κ1) is 17.1. The molecule has 0 unspecified atom stereocenters. The number of methoxy groups -OCH3 is 1. The van der Waals surface area contributed by atoms with Crippen LogP contribution in [0.3, 0.4) is 0 Å². The highest BCUT2D eigenvalue weighted by Crippen LogP contribution is 2.55. The first-order valence-electron chi connectivity index (χ1n) is 10.4. The number of anilines is 2. The summed E-state index contributed by atoms with van der Waals surface area (Å²) in [6.07, 6.45) is 8.13. The van der Waals surface area contributed by atoms with Crippen LogP contribution in [0.5, 0.6) is 5.75 Å². The van der Waals surface area contributed by atoms with Gasteiger partial charge in [-0.3, -0.25) is 0 Å². The quantitative estimate of drug-likeness (QED) is 0.819. The van der Waals surface area contributed by atoms with Gasteiger partial charge in [0.1, 0.15) is 5.75 Å². The molecule has 0 spiro atoms. The maximum atomic E-state index is 5.27. The molecule has 3 atom stereocenters. The third-order valence-electron chi connectivity index (χ3n) is 7.49. The molecule has 5 rings (SSSR count). The van der Waals surface area contributed by atoms with Gasteiger partial charge in [0.25, 0.3) is 0 Å². The lowest BCUT2D eigenvalue weighted by Gasteiger charge is -2.58. The second-order valence-corrected chi connectivity index (χ2v) is 8.74. The van der Waals surface area contributed by atoms with E-state index in [0.717, 1.165) is 23.4 Å². The van der Waals surface area contributed by atoms with Crippen molar-refractivity contribution < 1.29 is 4.74 Å². The van der Waals surface area contributed by atoms with Crippen LogP contribution >= 0.6 is 0 Å². The van der Waals surface area contributed by atoms with Crippen LogP contribution in [0.2, 0.25) is 0 Å². The zero-order valence-electron chi connectivity index (χ0n) is 16.5. The molecular formula is C24H30N2O. The van der Waals surface area contributed by atoms with Crippen molar-refractivity contribution in [1.29, 1.82) is 0 Å². The molecule has 3 nitrogen and oxygen atoms in total. The van der Waals surface area contributed by atoms with Gasteiger partial charge in [-0.25, -0.2) is 0 Å². The number of nitrogens with one attached hydrogen (secondary N) is 1. The van der Waals surface area contributed by atoms with Gasteiger partial charge in [0.2, 0.25) is 0 Å². The SMILES string of the molecule is COc1ccc(Nc2ccc3c(c2)[C@@]24CCCC[C@H]2[C@@H](C3)N(C)CC4)cc1. The summed E-state index contributed by atoms with van der Waals surface area (Å²) < 4.78 is 5.27. The van der Waals surface area contributed by atoms with Gasteiger partial charge in [0.05, 0.1) is 7.11 Å². The van der Waals surface area contributed by atoms with E-state index in [-0.39, 0.29) is 0 Å². The van der Waals surface area contributed by atoms with Gasteiger partial charge < -0.3 is 15.0 Å². The normalized spacial score (nSPS) is 29.6. The van der Waals surface area contributed by atoms with E-state index in [2.05, 4.69) is 47.6 Å². The van der Waals surface area contributed by atoms with Crippen molar-refractivity contribution in [3.05, 3.63) is 53.6 Å². The summed E-state index contributed by atoms with van der Waals surface area (Å²) >= 11 is 0. The van der Waals surface area contributed by atoms with Crippen molar-refractivity contribution in [1.82, 2.24) is 4.90 Å². The molecule has 2 aromatic carbocycles. The van der Waals surface area contributed by atoms with Crippen LogP contribution in [0.15, 0.2) is 42.5 Å². The lowest BCUT2D eigenvalue weighted by Crippen LogP contribution is -2.59. The third-order valence-corrected chi connectivity index (χ3v) is 7.49. The van der Waals surface area contributed by atoms with Gasteiger partial charge >= 0.3 is 0 Å². The van der Waals surface area contributed by atoms with Crippen molar-refractivity contribution in [2.45, 2.75) is 50.0 Å². The molecule has 1 saturated heterocycles. The van der Waals surface area contributed by atoms with Crippen molar-refractivity contribution in [3.8, 4) is 5.75 Å². The van der Waals surface area contributed by atoms with E-state index in [1.54, 1.807) is 18.2 Å². The Morgan fingerprint density at radius 2 is 1.85 bits per heavy atom. The van der Waals surface area contributed by atoms with E-state index in [9.17, 15) is 0 Å². The zero-order chi connectivity index (χ0) is 18.4. The molecule has 142 valence electrons. The second kappa shape index (κ2) is 6.56. The number of likely N-dealkylation sites (N-methyl/N-ethyl adjacent to an activating group) is 1. The molecule has 1 aliphatic heterocycles. The summed E-state index contributed by atoms with van der Waals surface area (Å²) in [6.45, 7) is 1.25. The molecule has 27 heavy (non-hydrogen) atoms. The summed E-state index contributed by atoms with van der Waals surface area (Å²) in [6, 6.07) is 16.1. The average molecular weight is 363 g/mol. The van der Waals surface area contributed by atoms with E-state index in [0.29, 0.717) is 5.41 Å². The predicted molar refractivity (Wildman–Crippen MR) is 111 cm³/mol. The molecule has 1 saturated carbocycles. The Morgan fingerprint density at radius 1 is 1.04 bits per heavy atom. The molecule has 1 N–H and O–H groups in total. The van der Waals surface area contributed by atoms with E-state index in [1.807, 2.05) is 12.1 Å². The third kappa shape index (κ3) is 2.75. The lowest BCUT2D eigenvalue weighted by atomic mass is 9.52. The van der Waals surface area contributed by atoms with Crippen LogP contribution in [-0.2, 0) is 11.8 Å². The highest BCUT2D eigenvalue weighted by molar-refractivity contribution is 5.63. The van der Waals surface area contributed by atoms with Gasteiger partial charge in [-0.2, -0.15) is 0 Å². The summed E-state index contributed by atoms with van der Waals surface area (Å²) in [5.74, 6) is 1.74. The number of ether oxygens (including phenoxy) is 1. The summed E-state index contributed by atoms with van der Waals surface area (Å²) in [5, 5.41) is 3.61. The fraction of sp³-hybridized carbons (Fsp3) is 0.500. The maximum absolute atomic E-state index is 5.27. The van der Waals surface area contributed by atoms with Gasteiger partial charge in [0.15, 0.2) is 0 Å². The molecule has 2 fully saturated rings. The Bertz CT molecular complexity index is 831. The minimum Gasteiger partial charge on any atom is -0.497 e. The molecule has 0 amide bonds. The average Bonchev–Trinajstić information content (AvgIpc) is 2.71. The zero-order valence-corrected chi connectivity index (χ0v) is 16.5. The summed E-state index contributed by atoms with van der Waals surface area (Å²) in [7, 11) is 4.05. The van der Waals surface area contributed by atoms with Crippen LogP contribution in [0.1, 0.15) is 43.2 Å². The minimum atomic E-state index is 0.417. The molecule has 3 aliphatic rings. The number of hydrogen-bond acceptors (Lipinski definition) is 3. The van der Waals surface area contributed by atoms with Crippen molar-refractivity contribution in [2.24, 2.45) is 5.92 Å². The van der Waals surface area contributed by atoms with Gasteiger partial charge in [0, 0.05) is 22.8 Å². The van der Waals surface area contributed by atoms with Crippen molar-refractivity contribution in [2.75, 3.05) is 26.0 Å². The Morgan fingerprint density at radius 3 is 2.67 bits per heavy atom. The molecular weight excluding hydrogens is 332 g/mol. The van der Waals surface area contributed by atoms with Crippen LogP contribution in [0, 0.1) is 5.92 Å². The first-order valence-corrected chi connectivity index (χ1v) is 10.4. The van der Waals surface area contributed by atoms with Crippen molar-refractivity contribution in [3.63, 3.8) is 0 Å². The molecule has 3 heteroatoms. The minimum absolute atomic E-state index is 0.417. The highest BCUT2D eigenvalue weighted by Gasteiger charge is 2.52. The molecule has 2 bridgehead atoms. The standard InChI is InChI=1S/C24H30N2O/c1-26-14-13-24-12-4-3-5-21(24)23(26)15-17-6-7-19(16-22(17)24)25-18-8-10-20(27-2)11-9-18/h6-11,16,21,23,25H,3-5,12-15H2,1-2H3/t21-,23+,24+/m0/s1. The molecule has 0 radical (unpaired) electrons. The molecule has 2 aromatic rings. The number of fused-ring (bicyclic) bond motifs is 1. The molecule has 1 heterocycles. The number of rotatable bonds is 3. The number of hydrogen-bond donors (Lipinski definition) is 1. The lowest BCUT2D eigenvalue weighted by molar-refractivity contribution is 0.00290. The van der Waals surface area contributed by atoms with E-state index in [1.165, 1.54) is 50.8 Å². The molecule has 2 aliphatic carbocycles. The van der Waals surface area contributed by atoms with Gasteiger partial charge in [-0.15, -0.1) is 0 Å². The Balaban J connectivity index is 1.50. The topological polar surface area (TPSA) is 24.5 Å². The smallest absolute Gasteiger partial charge is 0.119 e. The van der Waals surface area contributed by atoms with Crippen LogP contribution < -0.4 is 10.1 Å². The Labute approximate surface area is 162 Å². The highest BCUT2D eigenvalue weighted by atomic mass is 16.5. The fourth-order valence-corrected chi connectivity index (χ4v) is 6.12.